The zero-order valence-electron chi connectivity index (χ0n) is 16.8. The number of Topliss-reactive ketones (excluding diaryl/α,β-unsaturated/α-hetero) is 1. The third-order valence-electron chi connectivity index (χ3n) is 4.94. The van der Waals surface area contributed by atoms with E-state index in [1.165, 1.54) is 37.3 Å². The number of piperazine rings is 1. The Hall–Kier alpha value is -2.94. The van der Waals surface area contributed by atoms with Crippen molar-refractivity contribution in [3.63, 3.8) is 0 Å². The molecule has 0 N–H and O–H groups in total. The van der Waals surface area contributed by atoms with E-state index in [4.69, 9.17) is 4.74 Å². The van der Waals surface area contributed by atoms with Gasteiger partial charge in [0.25, 0.3) is 5.91 Å². The highest BCUT2D eigenvalue weighted by atomic mass is 32.2. The molecule has 2 aromatic carbocycles. The fourth-order valence-corrected chi connectivity index (χ4v) is 3.83. The van der Waals surface area contributed by atoms with Gasteiger partial charge >= 0.3 is 0 Å². The number of hydrogen-bond donors (Lipinski definition) is 0. The molecule has 0 atom stereocenters. The van der Waals surface area contributed by atoms with Gasteiger partial charge in [-0.25, -0.2) is 12.8 Å². The van der Waals surface area contributed by atoms with E-state index in [9.17, 15) is 22.4 Å². The van der Waals surface area contributed by atoms with Crippen molar-refractivity contribution in [3.05, 3.63) is 53.8 Å². The molecule has 0 aliphatic carbocycles. The maximum absolute atomic E-state index is 14.3. The fraction of sp³-hybridized carbons (Fsp3) is 0.333. The number of anilines is 1. The number of benzene rings is 2. The standard InChI is InChI=1S/C21H23FN2O5S/c1-15(25)16-3-8-20(19(22)13-16)23-9-11-24(12-10-23)21(26)14-29-17-4-6-18(7-5-17)30(2,27)28/h3-8,13H,9-12,14H2,1-2H3. The predicted molar refractivity (Wildman–Crippen MR) is 110 cm³/mol. The highest BCUT2D eigenvalue weighted by Gasteiger charge is 2.23. The second-order valence-corrected chi connectivity index (χ2v) is 9.14. The highest BCUT2D eigenvalue weighted by Crippen LogP contribution is 2.22. The van der Waals surface area contributed by atoms with Gasteiger partial charge in [0.1, 0.15) is 11.6 Å². The molecule has 1 saturated heterocycles. The summed E-state index contributed by atoms with van der Waals surface area (Å²) in [5.74, 6) is -0.443. The van der Waals surface area contributed by atoms with Crippen LogP contribution >= 0.6 is 0 Å². The van der Waals surface area contributed by atoms with Crippen LogP contribution in [0.15, 0.2) is 47.4 Å². The van der Waals surface area contributed by atoms with Crippen LogP contribution in [0, 0.1) is 5.82 Å². The number of carbonyl (C=O) groups excluding carboxylic acids is 2. The number of ketones is 1. The van der Waals surface area contributed by atoms with Crippen molar-refractivity contribution in [2.75, 3.05) is 43.9 Å². The van der Waals surface area contributed by atoms with Crippen LogP contribution in [0.1, 0.15) is 17.3 Å². The van der Waals surface area contributed by atoms with Crippen molar-refractivity contribution in [3.8, 4) is 5.75 Å². The molecule has 1 fully saturated rings. The number of rotatable bonds is 6. The van der Waals surface area contributed by atoms with Crippen LogP contribution in [0.4, 0.5) is 10.1 Å². The van der Waals surface area contributed by atoms with E-state index >= 15 is 0 Å². The number of carbonyl (C=O) groups is 2. The summed E-state index contributed by atoms with van der Waals surface area (Å²) >= 11 is 0. The van der Waals surface area contributed by atoms with Crippen LogP contribution in [-0.4, -0.2) is 64.0 Å². The number of halogens is 1. The first kappa shape index (κ1) is 21.8. The maximum atomic E-state index is 14.3. The molecular weight excluding hydrogens is 411 g/mol. The van der Waals surface area contributed by atoms with Crippen molar-refractivity contribution in [1.29, 1.82) is 0 Å². The van der Waals surface area contributed by atoms with E-state index in [-0.39, 0.29) is 23.2 Å². The second-order valence-electron chi connectivity index (χ2n) is 7.12. The summed E-state index contributed by atoms with van der Waals surface area (Å²) in [5, 5.41) is 0. The third kappa shape index (κ3) is 5.15. The minimum atomic E-state index is -3.28. The largest absolute Gasteiger partial charge is 0.484 e. The molecule has 1 aliphatic rings. The lowest BCUT2D eigenvalue weighted by Gasteiger charge is -2.36. The van der Waals surface area contributed by atoms with Crippen molar-refractivity contribution in [2.45, 2.75) is 11.8 Å². The van der Waals surface area contributed by atoms with E-state index < -0.39 is 15.7 Å². The fourth-order valence-electron chi connectivity index (χ4n) is 3.20. The van der Waals surface area contributed by atoms with Gasteiger partial charge in [-0.1, -0.05) is 0 Å². The first-order valence-electron chi connectivity index (χ1n) is 9.41. The molecule has 3 rings (SSSR count). The Labute approximate surface area is 175 Å². The Morgan fingerprint density at radius 1 is 1.03 bits per heavy atom. The normalized spacial score (nSPS) is 14.5. The van der Waals surface area contributed by atoms with Crippen molar-refractivity contribution < 1.29 is 27.1 Å². The minimum Gasteiger partial charge on any atom is -0.484 e. The monoisotopic (exact) mass is 434 g/mol. The van der Waals surface area contributed by atoms with Crippen LogP contribution in [0.2, 0.25) is 0 Å². The minimum absolute atomic E-state index is 0.167. The van der Waals surface area contributed by atoms with Gasteiger partial charge in [-0.15, -0.1) is 0 Å². The summed E-state index contributed by atoms with van der Waals surface area (Å²) < 4.78 is 42.7. The van der Waals surface area contributed by atoms with Crippen LogP contribution in [0.3, 0.4) is 0 Å². The molecule has 0 spiro atoms. The molecular formula is C21H23FN2O5S. The Morgan fingerprint density at radius 2 is 1.67 bits per heavy atom. The summed E-state index contributed by atoms with van der Waals surface area (Å²) in [6, 6.07) is 10.3. The van der Waals surface area contributed by atoms with Gasteiger partial charge in [0, 0.05) is 38.0 Å². The van der Waals surface area contributed by atoms with Gasteiger partial charge in [-0.05, 0) is 49.4 Å². The molecule has 0 bridgehead atoms. The molecule has 0 aromatic heterocycles. The van der Waals surface area contributed by atoms with Crippen LogP contribution in [0.5, 0.6) is 5.75 Å². The zero-order valence-corrected chi connectivity index (χ0v) is 17.6. The first-order chi connectivity index (χ1) is 14.1. The van der Waals surface area contributed by atoms with Gasteiger partial charge in [0.05, 0.1) is 10.6 Å². The zero-order chi connectivity index (χ0) is 21.9. The molecule has 2 aromatic rings. The molecule has 0 radical (unpaired) electrons. The first-order valence-corrected chi connectivity index (χ1v) is 11.3. The van der Waals surface area contributed by atoms with Crippen LogP contribution < -0.4 is 9.64 Å². The summed E-state index contributed by atoms with van der Waals surface area (Å²) in [4.78, 5) is 27.4. The lowest BCUT2D eigenvalue weighted by atomic mass is 10.1. The molecule has 160 valence electrons. The number of sulfone groups is 1. The Kier molecular flexibility index (Phi) is 6.40. The second kappa shape index (κ2) is 8.83. The van der Waals surface area contributed by atoms with Crippen molar-refractivity contribution in [2.24, 2.45) is 0 Å². The summed E-state index contributed by atoms with van der Waals surface area (Å²) in [5.41, 5.74) is 0.737. The molecule has 0 unspecified atom stereocenters. The smallest absolute Gasteiger partial charge is 0.260 e. The summed E-state index contributed by atoms with van der Waals surface area (Å²) in [6.45, 7) is 2.99. The lowest BCUT2D eigenvalue weighted by Crippen LogP contribution is -2.50. The molecule has 7 nitrogen and oxygen atoms in total. The van der Waals surface area contributed by atoms with E-state index in [2.05, 4.69) is 0 Å². The number of amides is 1. The Balaban J connectivity index is 1.52. The Bertz CT molecular complexity index is 1050. The highest BCUT2D eigenvalue weighted by molar-refractivity contribution is 7.90. The molecule has 30 heavy (non-hydrogen) atoms. The summed E-state index contributed by atoms with van der Waals surface area (Å²) in [7, 11) is -3.28. The molecule has 1 aliphatic heterocycles. The van der Waals surface area contributed by atoms with Crippen molar-refractivity contribution in [1.82, 2.24) is 4.90 Å². The van der Waals surface area contributed by atoms with Gasteiger partial charge in [0.2, 0.25) is 0 Å². The van der Waals surface area contributed by atoms with Gasteiger partial charge < -0.3 is 14.5 Å². The van der Waals surface area contributed by atoms with E-state index in [0.29, 0.717) is 43.2 Å². The number of hydrogen-bond acceptors (Lipinski definition) is 6. The predicted octanol–water partition coefficient (Wildman–Crippen LogP) is 2.16. The number of nitrogens with zero attached hydrogens (tertiary/aromatic N) is 2. The van der Waals surface area contributed by atoms with Gasteiger partial charge in [-0.3, -0.25) is 9.59 Å². The molecule has 9 heteroatoms. The average Bonchev–Trinajstić information content (AvgIpc) is 2.71. The van der Waals surface area contributed by atoms with E-state index in [0.717, 1.165) is 6.26 Å². The van der Waals surface area contributed by atoms with E-state index in [1.54, 1.807) is 17.0 Å². The van der Waals surface area contributed by atoms with Crippen LogP contribution in [0.25, 0.3) is 0 Å². The quantitative estimate of drug-likeness (QED) is 0.648. The Morgan fingerprint density at radius 3 is 2.20 bits per heavy atom. The van der Waals surface area contributed by atoms with Gasteiger partial charge in [0.15, 0.2) is 22.2 Å². The average molecular weight is 434 g/mol. The lowest BCUT2D eigenvalue weighted by molar-refractivity contribution is -0.133. The van der Waals surface area contributed by atoms with Gasteiger partial charge in [-0.2, -0.15) is 0 Å². The maximum Gasteiger partial charge on any atom is 0.260 e. The topological polar surface area (TPSA) is 84.0 Å². The van der Waals surface area contributed by atoms with Crippen LogP contribution in [-0.2, 0) is 14.6 Å². The number of ether oxygens (including phenoxy) is 1. The van der Waals surface area contributed by atoms with E-state index in [1.807, 2.05) is 4.90 Å². The summed E-state index contributed by atoms with van der Waals surface area (Å²) in [6.07, 6.45) is 1.12. The third-order valence-corrected chi connectivity index (χ3v) is 6.07. The molecule has 1 heterocycles. The molecule has 1 amide bonds. The SMILES string of the molecule is CC(=O)c1ccc(N2CCN(C(=O)COc3ccc(S(C)(=O)=O)cc3)CC2)c(F)c1. The molecule has 0 saturated carbocycles. The van der Waals surface area contributed by atoms with Crippen molar-refractivity contribution >= 4 is 27.2 Å².